The normalized spacial score (nSPS) is 8.50. The van der Waals surface area contributed by atoms with Crippen molar-refractivity contribution in [3.63, 3.8) is 0 Å². The summed E-state index contributed by atoms with van der Waals surface area (Å²) in [5, 5.41) is 0. The molecular weight excluding hydrogens is 139 g/mol. The van der Waals surface area contributed by atoms with Crippen molar-refractivity contribution in [2.24, 2.45) is 0 Å². The number of hydrogen-bond acceptors (Lipinski definition) is 1. The van der Waals surface area contributed by atoms with Crippen molar-refractivity contribution < 1.29 is 21.4 Å². The first-order valence-electron chi connectivity index (χ1n) is 2.30. The van der Waals surface area contributed by atoms with Gasteiger partial charge in [-0.05, 0) is 0 Å². The summed E-state index contributed by atoms with van der Waals surface area (Å²) in [5.74, 6) is 0.882. The van der Waals surface area contributed by atoms with Gasteiger partial charge < -0.3 is 0 Å². The molecule has 0 heterocycles. The van der Waals surface area contributed by atoms with E-state index in [1.54, 1.807) is 0 Å². The van der Waals surface area contributed by atoms with Crippen LogP contribution in [0.15, 0.2) is 30.3 Å². The average Bonchev–Trinajstić information content (AvgIpc) is 1.90. The van der Waals surface area contributed by atoms with Crippen molar-refractivity contribution in [2.45, 2.75) is 0 Å². The number of hydrogen-bond donors (Lipinski definition) is 0. The van der Waals surface area contributed by atoms with E-state index in [4.69, 9.17) is 3.66 Å². The van der Waals surface area contributed by atoms with Gasteiger partial charge in [-0.2, -0.15) is 0 Å². The summed E-state index contributed by atoms with van der Waals surface area (Å²) in [6.07, 6.45) is 0. The third kappa shape index (κ3) is 1.29. The average molecular weight is 144 g/mol. The van der Waals surface area contributed by atoms with Crippen molar-refractivity contribution in [2.75, 3.05) is 0 Å². The molecular formula is C6H5OV. The number of benzene rings is 1. The predicted molar refractivity (Wildman–Crippen MR) is 27.1 cm³/mol. The van der Waals surface area contributed by atoms with E-state index in [9.17, 15) is 0 Å². The number of para-hydroxylation sites is 1. The molecule has 1 rings (SSSR count). The van der Waals surface area contributed by atoms with Gasteiger partial charge in [0.1, 0.15) is 0 Å². The molecule has 40 valence electrons. The van der Waals surface area contributed by atoms with Crippen molar-refractivity contribution in [1.29, 1.82) is 0 Å². The van der Waals surface area contributed by atoms with Gasteiger partial charge in [0.2, 0.25) is 0 Å². The predicted octanol–water partition coefficient (Wildman–Crippen LogP) is 1.53. The van der Waals surface area contributed by atoms with Gasteiger partial charge in [0, 0.05) is 0 Å². The monoisotopic (exact) mass is 144 g/mol. The summed E-state index contributed by atoms with van der Waals surface area (Å²) < 4.78 is 4.85. The van der Waals surface area contributed by atoms with Gasteiger partial charge in [0.15, 0.2) is 0 Å². The molecule has 0 aliphatic rings. The van der Waals surface area contributed by atoms with Gasteiger partial charge in [-0.3, -0.25) is 0 Å². The Hall–Kier alpha value is -0.396. The van der Waals surface area contributed by atoms with Crippen LogP contribution in [-0.4, -0.2) is 0 Å². The standard InChI is InChI=1S/C6H6O.V/c7-6-4-2-1-3-5-6;/h1-5,7H;/q;+1/p-1. The zero-order valence-corrected chi connectivity index (χ0v) is 5.64. The van der Waals surface area contributed by atoms with E-state index < -0.39 is 0 Å². The molecule has 0 aliphatic carbocycles. The van der Waals surface area contributed by atoms with Crippen molar-refractivity contribution in [3.05, 3.63) is 30.3 Å². The molecule has 0 N–H and O–H groups in total. The van der Waals surface area contributed by atoms with E-state index >= 15 is 0 Å². The Bertz CT molecular complexity index is 150. The van der Waals surface area contributed by atoms with Gasteiger partial charge in [-0.15, -0.1) is 0 Å². The second kappa shape index (κ2) is 2.80. The van der Waals surface area contributed by atoms with Gasteiger partial charge in [-0.25, -0.2) is 0 Å². The Labute approximate surface area is 58.0 Å². The van der Waals surface area contributed by atoms with Crippen molar-refractivity contribution in [1.82, 2.24) is 0 Å². The van der Waals surface area contributed by atoms with Crippen molar-refractivity contribution in [3.8, 4) is 5.75 Å². The van der Waals surface area contributed by atoms with Crippen LogP contribution in [0.4, 0.5) is 0 Å². The molecule has 1 aromatic carbocycles. The molecule has 0 saturated carbocycles. The van der Waals surface area contributed by atoms with E-state index in [1.165, 1.54) is 0 Å². The maximum absolute atomic E-state index is 4.85. The fraction of sp³-hybridized carbons (Fsp3) is 0. The third-order valence-corrected chi connectivity index (χ3v) is 1.18. The zero-order chi connectivity index (χ0) is 5.82. The Kier molecular flexibility index (Phi) is 2.01. The topological polar surface area (TPSA) is 9.23 Å². The van der Waals surface area contributed by atoms with E-state index in [0.717, 1.165) is 5.75 Å². The Morgan fingerprint density at radius 2 is 1.75 bits per heavy atom. The third-order valence-electron chi connectivity index (χ3n) is 0.849. The first-order valence-corrected chi connectivity index (χ1v) is 2.87. The van der Waals surface area contributed by atoms with Gasteiger partial charge in [0.05, 0.1) is 0 Å². The van der Waals surface area contributed by atoms with Crippen LogP contribution in [0.3, 0.4) is 0 Å². The second-order valence-corrected chi connectivity index (χ2v) is 1.69. The Balaban J connectivity index is 2.83. The molecule has 0 bridgehead atoms. The van der Waals surface area contributed by atoms with Gasteiger partial charge >= 0.3 is 57.5 Å². The summed E-state index contributed by atoms with van der Waals surface area (Å²) in [4.78, 5) is 0. The molecule has 0 atom stereocenters. The SMILES string of the molecule is [V][O]c1ccccc1. The summed E-state index contributed by atoms with van der Waals surface area (Å²) in [6.45, 7) is 0. The second-order valence-electron chi connectivity index (χ2n) is 1.40. The first kappa shape index (κ1) is 5.74. The quantitative estimate of drug-likeness (QED) is 0.580. The molecule has 0 amide bonds. The Morgan fingerprint density at radius 1 is 1.12 bits per heavy atom. The summed E-state index contributed by atoms with van der Waals surface area (Å²) in [5.41, 5.74) is 0. The van der Waals surface area contributed by atoms with Gasteiger partial charge in [0.25, 0.3) is 0 Å². The van der Waals surface area contributed by atoms with Crippen LogP contribution >= 0.6 is 0 Å². The molecule has 0 spiro atoms. The molecule has 1 nitrogen and oxygen atoms in total. The molecule has 0 unspecified atom stereocenters. The van der Waals surface area contributed by atoms with Crippen LogP contribution in [0.2, 0.25) is 0 Å². The molecule has 0 radical (unpaired) electrons. The zero-order valence-electron chi connectivity index (χ0n) is 4.24. The summed E-state index contributed by atoms with van der Waals surface area (Å²) in [7, 11) is 0. The van der Waals surface area contributed by atoms with E-state index in [-0.39, 0.29) is 0 Å². The fourth-order valence-corrected chi connectivity index (χ4v) is 0.671. The van der Waals surface area contributed by atoms with E-state index in [1.807, 2.05) is 30.3 Å². The van der Waals surface area contributed by atoms with Crippen LogP contribution in [0.1, 0.15) is 0 Å². The van der Waals surface area contributed by atoms with Crippen LogP contribution < -0.4 is 3.66 Å². The van der Waals surface area contributed by atoms with Gasteiger partial charge in [-0.1, -0.05) is 0 Å². The van der Waals surface area contributed by atoms with Crippen LogP contribution in [0, 0.1) is 0 Å². The molecule has 0 saturated heterocycles. The summed E-state index contributed by atoms with van der Waals surface area (Å²) in [6, 6.07) is 9.62. The van der Waals surface area contributed by atoms with E-state index in [2.05, 4.69) is 17.8 Å². The molecule has 1 aromatic rings. The Morgan fingerprint density at radius 3 is 2.12 bits per heavy atom. The minimum absolute atomic E-state index is 0.882. The molecule has 8 heavy (non-hydrogen) atoms. The molecule has 2 heteroatoms. The molecule has 0 aromatic heterocycles. The fourth-order valence-electron chi connectivity index (χ4n) is 0.481. The van der Waals surface area contributed by atoms with Crippen LogP contribution in [0.25, 0.3) is 0 Å². The maximum atomic E-state index is 4.85. The number of rotatable bonds is 1. The van der Waals surface area contributed by atoms with Crippen molar-refractivity contribution >= 4 is 0 Å². The minimum atomic E-state index is 0.882. The van der Waals surface area contributed by atoms with Crippen LogP contribution in [0.5, 0.6) is 5.75 Å². The van der Waals surface area contributed by atoms with E-state index in [0.29, 0.717) is 0 Å². The molecule has 0 aliphatic heterocycles. The summed E-state index contributed by atoms with van der Waals surface area (Å²) >= 11 is 2.06. The van der Waals surface area contributed by atoms with Crippen LogP contribution in [-0.2, 0) is 17.8 Å². The first-order chi connectivity index (χ1) is 3.93. The molecule has 0 fully saturated rings.